The van der Waals surface area contributed by atoms with Crippen molar-refractivity contribution in [2.24, 2.45) is 17.8 Å². The van der Waals surface area contributed by atoms with Crippen molar-refractivity contribution in [2.75, 3.05) is 12.0 Å². The van der Waals surface area contributed by atoms with E-state index in [0.29, 0.717) is 19.3 Å². The maximum absolute atomic E-state index is 13.1. The average molecular weight is 478 g/mol. The number of aliphatic hydroxyl groups excluding tert-OH is 1. The number of nitrogens with one attached hydrogen (secondary N) is 3. The molecule has 0 aliphatic carbocycles. The number of carbonyl (C=O) groups is 3. The third kappa shape index (κ3) is 13.7. The fourth-order valence-corrected chi connectivity index (χ4v) is 4.31. The van der Waals surface area contributed by atoms with Gasteiger partial charge in [-0.05, 0) is 37.0 Å². The van der Waals surface area contributed by atoms with Crippen LogP contribution in [0.3, 0.4) is 0 Å². The van der Waals surface area contributed by atoms with Gasteiger partial charge in [0, 0.05) is 13.2 Å². The number of hydrogen-bond donors (Lipinski definition) is 4. The monoisotopic (exact) mass is 477 g/mol. The Labute approximate surface area is 193 Å². The van der Waals surface area contributed by atoms with Crippen LogP contribution in [0.25, 0.3) is 0 Å². The summed E-state index contributed by atoms with van der Waals surface area (Å²) in [6, 6.07) is -2.42. The molecular weight excluding hydrogens is 434 g/mol. The molecular formula is C22H43N3O6S. The maximum Gasteiger partial charge on any atom is 0.243 e. The van der Waals surface area contributed by atoms with E-state index in [1.807, 2.05) is 41.5 Å². The van der Waals surface area contributed by atoms with Crippen molar-refractivity contribution in [3.63, 3.8) is 0 Å². The predicted molar refractivity (Wildman–Crippen MR) is 126 cm³/mol. The Hall–Kier alpha value is -1.68. The Morgan fingerprint density at radius 1 is 0.750 bits per heavy atom. The molecule has 0 unspecified atom stereocenters. The third-order valence-corrected chi connectivity index (χ3v) is 5.68. The molecule has 188 valence electrons. The van der Waals surface area contributed by atoms with E-state index in [4.69, 9.17) is 0 Å². The summed E-state index contributed by atoms with van der Waals surface area (Å²) in [5.74, 6) is -1.41. The molecule has 9 nitrogen and oxygen atoms in total. The minimum atomic E-state index is -3.44. The zero-order valence-corrected chi connectivity index (χ0v) is 21.6. The van der Waals surface area contributed by atoms with E-state index in [1.54, 1.807) is 0 Å². The predicted octanol–water partition coefficient (Wildman–Crippen LogP) is 1.00. The summed E-state index contributed by atoms with van der Waals surface area (Å²) in [6.07, 6.45) is 0.919. The quantitative estimate of drug-likeness (QED) is 0.294. The number of carbonyl (C=O) groups excluding carboxylic acids is 3. The number of aliphatic hydroxyl groups is 1. The molecule has 4 atom stereocenters. The normalized spacial score (nSPS) is 15.9. The molecule has 0 rings (SSSR count). The van der Waals surface area contributed by atoms with Gasteiger partial charge in [-0.2, -0.15) is 0 Å². The lowest BCUT2D eigenvalue weighted by molar-refractivity contribution is -0.132. The van der Waals surface area contributed by atoms with Crippen LogP contribution in [0.4, 0.5) is 0 Å². The molecule has 0 aromatic rings. The summed E-state index contributed by atoms with van der Waals surface area (Å²) in [6.45, 7) is 12.8. The highest BCUT2D eigenvalue weighted by atomic mass is 32.2. The van der Waals surface area contributed by atoms with Crippen molar-refractivity contribution in [3.8, 4) is 0 Å². The van der Waals surface area contributed by atoms with Crippen molar-refractivity contribution < 1.29 is 27.9 Å². The Balaban J connectivity index is 5.58. The molecule has 3 amide bonds. The van der Waals surface area contributed by atoms with Gasteiger partial charge in [0.05, 0.1) is 17.9 Å². The molecule has 0 aromatic heterocycles. The van der Waals surface area contributed by atoms with E-state index in [2.05, 4.69) is 16.0 Å². The van der Waals surface area contributed by atoms with Gasteiger partial charge in [-0.1, -0.05) is 41.5 Å². The molecule has 0 radical (unpaired) electrons. The maximum atomic E-state index is 13.1. The molecule has 0 aliphatic heterocycles. The first-order valence-corrected chi connectivity index (χ1v) is 13.3. The van der Waals surface area contributed by atoms with Gasteiger partial charge in [0.2, 0.25) is 17.7 Å². The van der Waals surface area contributed by atoms with E-state index in [0.717, 1.165) is 6.26 Å². The van der Waals surface area contributed by atoms with Crippen molar-refractivity contribution in [1.82, 2.24) is 16.0 Å². The first kappa shape index (κ1) is 30.3. The highest BCUT2D eigenvalue weighted by Crippen LogP contribution is 2.13. The van der Waals surface area contributed by atoms with Gasteiger partial charge in [-0.25, -0.2) is 8.42 Å². The lowest BCUT2D eigenvalue weighted by atomic mass is 9.97. The van der Waals surface area contributed by atoms with Crippen LogP contribution in [-0.2, 0) is 24.2 Å². The molecule has 0 spiro atoms. The van der Waals surface area contributed by atoms with Crippen LogP contribution in [-0.4, -0.2) is 67.5 Å². The highest BCUT2D eigenvalue weighted by Gasteiger charge is 2.31. The second-order valence-corrected chi connectivity index (χ2v) is 12.2. The van der Waals surface area contributed by atoms with Crippen molar-refractivity contribution >= 4 is 27.6 Å². The fraction of sp³-hybridized carbons (Fsp3) is 0.864. The van der Waals surface area contributed by atoms with E-state index in [1.165, 1.54) is 6.92 Å². The van der Waals surface area contributed by atoms with Gasteiger partial charge in [0.15, 0.2) is 0 Å². The minimum Gasteiger partial charge on any atom is -0.390 e. The second kappa shape index (κ2) is 13.8. The van der Waals surface area contributed by atoms with Crippen LogP contribution in [0.15, 0.2) is 0 Å². The van der Waals surface area contributed by atoms with Gasteiger partial charge in [0.25, 0.3) is 0 Å². The topological polar surface area (TPSA) is 142 Å². The summed E-state index contributed by atoms with van der Waals surface area (Å²) in [5, 5.41) is 18.6. The Bertz CT molecular complexity index is 721. The molecule has 0 fully saturated rings. The van der Waals surface area contributed by atoms with Crippen LogP contribution in [0.1, 0.15) is 67.7 Å². The number of amides is 3. The molecule has 0 heterocycles. The zero-order valence-electron chi connectivity index (χ0n) is 20.8. The first-order valence-electron chi connectivity index (χ1n) is 11.2. The Morgan fingerprint density at radius 3 is 1.53 bits per heavy atom. The summed E-state index contributed by atoms with van der Waals surface area (Å²) in [5.41, 5.74) is 0. The van der Waals surface area contributed by atoms with E-state index in [-0.39, 0.29) is 23.7 Å². The number of rotatable bonds is 14. The SMILES string of the molecule is CC(=O)N[C@@H](CC(C)C)C(=O)N[C@@H](CC(C)C)C(=O)N[C@@H](CC(C)C)[C@H](O)CS(C)(=O)=O. The van der Waals surface area contributed by atoms with Gasteiger partial charge in [0.1, 0.15) is 21.9 Å². The Kier molecular flexibility index (Phi) is 13.0. The lowest BCUT2D eigenvalue weighted by Gasteiger charge is -2.29. The number of sulfone groups is 1. The standard InChI is InChI=1S/C22H43N3O6S/c1-13(2)9-17(20(27)12-32(8,30)31)24-22(29)19(11-15(5)6)25-21(28)18(10-14(3)4)23-16(7)26/h13-15,17-20,27H,9-12H2,1-8H3,(H,23,26)(H,24,29)(H,25,28)/t17-,18-,19-,20+/m0/s1. The van der Waals surface area contributed by atoms with Crippen LogP contribution in [0.5, 0.6) is 0 Å². The molecule has 10 heteroatoms. The van der Waals surface area contributed by atoms with Crippen LogP contribution in [0.2, 0.25) is 0 Å². The second-order valence-electron chi connectivity index (χ2n) is 9.98. The molecule has 0 aliphatic rings. The summed E-state index contributed by atoms with van der Waals surface area (Å²) < 4.78 is 23.3. The zero-order chi connectivity index (χ0) is 25.2. The molecule has 0 aromatic carbocycles. The van der Waals surface area contributed by atoms with Crippen LogP contribution in [0, 0.1) is 17.8 Å². The molecule has 0 bridgehead atoms. The molecule has 0 saturated heterocycles. The summed E-state index contributed by atoms with van der Waals surface area (Å²) in [7, 11) is -3.44. The van der Waals surface area contributed by atoms with E-state index < -0.39 is 51.6 Å². The van der Waals surface area contributed by atoms with Crippen molar-refractivity contribution in [3.05, 3.63) is 0 Å². The van der Waals surface area contributed by atoms with Gasteiger partial charge in [-0.15, -0.1) is 0 Å². The van der Waals surface area contributed by atoms with Gasteiger partial charge >= 0.3 is 0 Å². The van der Waals surface area contributed by atoms with E-state index in [9.17, 15) is 27.9 Å². The summed E-state index contributed by atoms with van der Waals surface area (Å²) >= 11 is 0. The van der Waals surface area contributed by atoms with E-state index >= 15 is 0 Å². The Morgan fingerprint density at radius 2 is 1.16 bits per heavy atom. The lowest BCUT2D eigenvalue weighted by Crippen LogP contribution is -2.57. The van der Waals surface area contributed by atoms with Crippen molar-refractivity contribution in [1.29, 1.82) is 0 Å². The molecule has 4 N–H and O–H groups in total. The summed E-state index contributed by atoms with van der Waals surface area (Å²) in [4.78, 5) is 37.5. The smallest absolute Gasteiger partial charge is 0.243 e. The van der Waals surface area contributed by atoms with Crippen LogP contribution < -0.4 is 16.0 Å². The number of hydrogen-bond acceptors (Lipinski definition) is 6. The largest absolute Gasteiger partial charge is 0.390 e. The fourth-order valence-electron chi connectivity index (χ4n) is 3.45. The average Bonchev–Trinajstić information content (AvgIpc) is 2.56. The molecule has 0 saturated carbocycles. The highest BCUT2D eigenvalue weighted by molar-refractivity contribution is 7.90. The first-order chi connectivity index (χ1) is 14.5. The van der Waals surface area contributed by atoms with Crippen LogP contribution >= 0.6 is 0 Å². The third-order valence-electron chi connectivity index (χ3n) is 4.73. The van der Waals surface area contributed by atoms with Crippen molar-refractivity contribution in [2.45, 2.75) is 92.0 Å². The van der Waals surface area contributed by atoms with Gasteiger partial charge in [-0.3, -0.25) is 14.4 Å². The minimum absolute atomic E-state index is 0.0832. The van der Waals surface area contributed by atoms with Gasteiger partial charge < -0.3 is 21.1 Å². The molecule has 32 heavy (non-hydrogen) atoms.